The molecule has 1 nitrogen and oxygen atoms in total. The second-order valence-electron chi connectivity index (χ2n) is 5.78. The Kier molecular flexibility index (Phi) is 3.70. The number of nitrogens with zero attached hydrogens (tertiary/aromatic N) is 1. The molecule has 0 saturated heterocycles. The van der Waals surface area contributed by atoms with Gasteiger partial charge in [-0.15, -0.1) is 0 Å². The molecule has 0 bridgehead atoms. The largest absolute Gasteiger partial charge is 0.256 e. The minimum Gasteiger partial charge on any atom is -0.256 e. The molecule has 19 heavy (non-hydrogen) atoms. The topological polar surface area (TPSA) is 12.9 Å². The molecule has 0 radical (unpaired) electrons. The number of hydrogen-bond acceptors (Lipinski definition) is 1. The maximum atomic E-state index is 13.6. The zero-order valence-corrected chi connectivity index (χ0v) is 11.9. The van der Waals surface area contributed by atoms with Crippen LogP contribution in [-0.4, -0.2) is 4.98 Å². The zero-order valence-electron chi connectivity index (χ0n) is 11.9. The Bertz CT molecular complexity index is 559. The van der Waals surface area contributed by atoms with Crippen LogP contribution in [0.1, 0.15) is 33.3 Å². The van der Waals surface area contributed by atoms with Crippen LogP contribution in [-0.2, 0) is 5.41 Å². The van der Waals surface area contributed by atoms with Gasteiger partial charge in [-0.05, 0) is 47.2 Å². The average Bonchev–Trinajstić information content (AvgIpc) is 2.39. The van der Waals surface area contributed by atoms with Crippen LogP contribution < -0.4 is 0 Å². The Morgan fingerprint density at radius 2 is 1.84 bits per heavy atom. The lowest BCUT2D eigenvalue weighted by atomic mass is 9.73. The monoisotopic (exact) mass is 257 g/mol. The van der Waals surface area contributed by atoms with Gasteiger partial charge < -0.3 is 0 Å². The summed E-state index contributed by atoms with van der Waals surface area (Å²) in [4.78, 5) is 4.39. The summed E-state index contributed by atoms with van der Waals surface area (Å²) in [5, 5.41) is 0. The Labute approximate surface area is 114 Å². The van der Waals surface area contributed by atoms with Crippen molar-refractivity contribution >= 4 is 0 Å². The highest BCUT2D eigenvalue weighted by Gasteiger charge is 2.28. The van der Waals surface area contributed by atoms with E-state index in [4.69, 9.17) is 0 Å². The van der Waals surface area contributed by atoms with Gasteiger partial charge in [-0.3, -0.25) is 4.98 Å². The lowest BCUT2D eigenvalue weighted by Gasteiger charge is -2.32. The van der Waals surface area contributed by atoms with Gasteiger partial charge in [0, 0.05) is 11.8 Å². The van der Waals surface area contributed by atoms with Crippen LogP contribution in [0.4, 0.5) is 4.39 Å². The molecule has 1 aromatic heterocycles. The molecule has 1 aromatic carbocycles. The molecule has 2 heteroatoms. The van der Waals surface area contributed by atoms with Gasteiger partial charge in [0.1, 0.15) is 5.82 Å². The fourth-order valence-electron chi connectivity index (χ4n) is 2.11. The Morgan fingerprint density at radius 3 is 2.42 bits per heavy atom. The minimum absolute atomic E-state index is 0.102. The van der Waals surface area contributed by atoms with Gasteiger partial charge in [0.2, 0.25) is 0 Å². The molecule has 0 amide bonds. The third kappa shape index (κ3) is 2.67. The Morgan fingerprint density at radius 1 is 1.11 bits per heavy atom. The first-order valence-corrected chi connectivity index (χ1v) is 6.64. The fourth-order valence-corrected chi connectivity index (χ4v) is 2.11. The molecule has 0 unspecified atom stereocenters. The van der Waals surface area contributed by atoms with E-state index >= 15 is 0 Å². The van der Waals surface area contributed by atoms with Crippen LogP contribution in [0, 0.1) is 11.7 Å². The van der Waals surface area contributed by atoms with E-state index in [9.17, 15) is 4.39 Å². The molecule has 2 aromatic rings. The first-order chi connectivity index (χ1) is 8.93. The van der Waals surface area contributed by atoms with Crippen molar-refractivity contribution in [3.8, 4) is 11.3 Å². The number of rotatable bonds is 3. The molecule has 0 saturated carbocycles. The number of benzene rings is 1. The van der Waals surface area contributed by atoms with E-state index < -0.39 is 0 Å². The summed E-state index contributed by atoms with van der Waals surface area (Å²) in [6, 6.07) is 10.8. The van der Waals surface area contributed by atoms with E-state index in [1.54, 1.807) is 12.3 Å². The van der Waals surface area contributed by atoms with Gasteiger partial charge in [-0.1, -0.05) is 33.8 Å². The maximum Gasteiger partial charge on any atom is 0.123 e. The highest BCUT2D eigenvalue weighted by molar-refractivity contribution is 5.65. The lowest BCUT2D eigenvalue weighted by molar-refractivity contribution is 0.371. The molecule has 1 heterocycles. The van der Waals surface area contributed by atoms with Crippen molar-refractivity contribution in [3.05, 3.63) is 54.0 Å². The van der Waals surface area contributed by atoms with Crippen LogP contribution in [0.3, 0.4) is 0 Å². The van der Waals surface area contributed by atoms with E-state index in [0.29, 0.717) is 5.92 Å². The van der Waals surface area contributed by atoms with Crippen LogP contribution >= 0.6 is 0 Å². The molecule has 0 N–H and O–H groups in total. The SMILES string of the molecule is CC(C)C(C)(C)c1cc(F)ccc1-c1ccccn1. The molecular weight excluding hydrogens is 237 g/mol. The van der Waals surface area contributed by atoms with E-state index in [0.717, 1.165) is 16.8 Å². The Hall–Kier alpha value is -1.70. The number of aromatic nitrogens is 1. The molecular formula is C17H20FN. The summed E-state index contributed by atoms with van der Waals surface area (Å²) in [7, 11) is 0. The van der Waals surface area contributed by atoms with Crippen LogP contribution in [0.5, 0.6) is 0 Å². The second-order valence-corrected chi connectivity index (χ2v) is 5.78. The van der Waals surface area contributed by atoms with Gasteiger partial charge in [-0.25, -0.2) is 4.39 Å². The third-order valence-corrected chi connectivity index (χ3v) is 4.06. The first-order valence-electron chi connectivity index (χ1n) is 6.64. The quantitative estimate of drug-likeness (QED) is 0.768. The molecule has 0 aliphatic carbocycles. The number of pyridine rings is 1. The van der Waals surface area contributed by atoms with E-state index in [2.05, 4.69) is 32.7 Å². The maximum absolute atomic E-state index is 13.6. The fraction of sp³-hybridized carbons (Fsp3) is 0.353. The third-order valence-electron chi connectivity index (χ3n) is 4.06. The molecule has 0 aliphatic heterocycles. The van der Waals surface area contributed by atoms with Crippen molar-refractivity contribution in [2.45, 2.75) is 33.1 Å². The predicted molar refractivity (Wildman–Crippen MR) is 77.5 cm³/mol. The van der Waals surface area contributed by atoms with E-state index in [-0.39, 0.29) is 11.2 Å². The van der Waals surface area contributed by atoms with E-state index in [1.165, 1.54) is 6.07 Å². The molecule has 2 rings (SSSR count). The standard InChI is InChI=1S/C17H20FN/c1-12(2)17(3,4)15-11-13(18)8-9-14(15)16-7-5-6-10-19-16/h5-12H,1-4H3. The summed E-state index contributed by atoms with van der Waals surface area (Å²) >= 11 is 0. The summed E-state index contributed by atoms with van der Waals surface area (Å²) in [6.45, 7) is 8.62. The summed E-state index contributed by atoms with van der Waals surface area (Å²) in [5.74, 6) is 0.222. The van der Waals surface area contributed by atoms with Gasteiger partial charge in [0.05, 0.1) is 5.69 Å². The van der Waals surface area contributed by atoms with Crippen molar-refractivity contribution in [3.63, 3.8) is 0 Å². The van der Waals surface area contributed by atoms with E-state index in [1.807, 2.05) is 24.3 Å². The van der Waals surface area contributed by atoms with Crippen LogP contribution in [0.25, 0.3) is 11.3 Å². The molecule has 100 valence electrons. The van der Waals surface area contributed by atoms with Crippen LogP contribution in [0.2, 0.25) is 0 Å². The smallest absolute Gasteiger partial charge is 0.123 e. The molecule has 0 spiro atoms. The minimum atomic E-state index is -0.191. The first kappa shape index (κ1) is 13.7. The van der Waals surface area contributed by atoms with Crippen molar-refractivity contribution in [1.82, 2.24) is 4.98 Å². The highest BCUT2D eigenvalue weighted by atomic mass is 19.1. The number of hydrogen-bond donors (Lipinski definition) is 0. The van der Waals surface area contributed by atoms with Crippen molar-refractivity contribution < 1.29 is 4.39 Å². The van der Waals surface area contributed by atoms with Crippen molar-refractivity contribution in [2.75, 3.05) is 0 Å². The number of halogens is 1. The normalized spacial score (nSPS) is 11.9. The van der Waals surface area contributed by atoms with Crippen molar-refractivity contribution in [2.24, 2.45) is 5.92 Å². The lowest BCUT2D eigenvalue weighted by Crippen LogP contribution is -2.25. The van der Waals surface area contributed by atoms with Gasteiger partial charge in [0.25, 0.3) is 0 Å². The van der Waals surface area contributed by atoms with Crippen LogP contribution in [0.15, 0.2) is 42.6 Å². The van der Waals surface area contributed by atoms with Gasteiger partial charge >= 0.3 is 0 Å². The Balaban J connectivity index is 2.63. The summed E-state index contributed by atoms with van der Waals surface area (Å²) < 4.78 is 13.6. The highest BCUT2D eigenvalue weighted by Crippen LogP contribution is 2.37. The molecule has 0 aliphatic rings. The molecule has 0 fully saturated rings. The zero-order chi connectivity index (χ0) is 14.0. The second kappa shape index (κ2) is 5.12. The predicted octanol–water partition coefficient (Wildman–Crippen LogP) is 4.82. The average molecular weight is 257 g/mol. The van der Waals surface area contributed by atoms with Gasteiger partial charge in [0.15, 0.2) is 0 Å². The summed E-state index contributed by atoms with van der Waals surface area (Å²) in [6.07, 6.45) is 1.77. The van der Waals surface area contributed by atoms with Crippen molar-refractivity contribution in [1.29, 1.82) is 0 Å². The molecule has 0 atom stereocenters. The van der Waals surface area contributed by atoms with Gasteiger partial charge in [-0.2, -0.15) is 0 Å². The summed E-state index contributed by atoms with van der Waals surface area (Å²) in [5.41, 5.74) is 2.82.